The Labute approximate surface area is 172 Å². The third-order valence-corrected chi connectivity index (χ3v) is 4.43. The summed E-state index contributed by atoms with van der Waals surface area (Å²) >= 11 is 5.99. The highest BCUT2D eigenvalue weighted by Gasteiger charge is 2.32. The maximum atomic E-state index is 15.0. The fourth-order valence-corrected chi connectivity index (χ4v) is 2.94. The third kappa shape index (κ3) is 4.39. The van der Waals surface area contributed by atoms with Crippen LogP contribution in [0, 0.1) is 17.1 Å². The molecule has 1 heterocycles. The molecule has 0 aliphatic carbocycles. The highest BCUT2D eigenvalue weighted by atomic mass is 35.5. The molecule has 0 spiro atoms. The first kappa shape index (κ1) is 21.2. The molecule has 0 saturated heterocycles. The van der Waals surface area contributed by atoms with Crippen LogP contribution >= 0.6 is 11.6 Å². The van der Waals surface area contributed by atoms with Crippen LogP contribution in [0.15, 0.2) is 48.7 Å². The Balaban J connectivity index is 2.00. The molecule has 0 unspecified atom stereocenters. The SMILES string of the molecule is N#Cc1cc(Oc2c(Cl)ccc(Cn3cccc3C(N)=O)c2F)cc(C(F)(F)F)c1. The number of primary amides is 1. The minimum Gasteiger partial charge on any atom is -0.453 e. The van der Waals surface area contributed by atoms with Gasteiger partial charge in [-0.2, -0.15) is 18.4 Å². The first-order chi connectivity index (χ1) is 14.1. The van der Waals surface area contributed by atoms with Crippen molar-refractivity contribution < 1.29 is 27.1 Å². The Bertz CT molecular complexity index is 1170. The van der Waals surface area contributed by atoms with E-state index in [1.54, 1.807) is 12.1 Å². The zero-order chi connectivity index (χ0) is 22.1. The summed E-state index contributed by atoms with van der Waals surface area (Å²) in [5.41, 5.74) is 4.03. The average molecular weight is 438 g/mol. The molecule has 1 amide bonds. The van der Waals surface area contributed by atoms with Crippen LogP contribution in [-0.2, 0) is 12.7 Å². The van der Waals surface area contributed by atoms with Crippen molar-refractivity contribution in [2.24, 2.45) is 5.73 Å². The topological polar surface area (TPSA) is 81.0 Å². The third-order valence-electron chi connectivity index (χ3n) is 4.13. The monoisotopic (exact) mass is 437 g/mol. The van der Waals surface area contributed by atoms with Gasteiger partial charge in [-0.1, -0.05) is 17.7 Å². The maximum Gasteiger partial charge on any atom is 0.416 e. The van der Waals surface area contributed by atoms with Gasteiger partial charge in [0.2, 0.25) is 0 Å². The number of alkyl halides is 3. The number of hydrogen-bond acceptors (Lipinski definition) is 3. The highest BCUT2D eigenvalue weighted by Crippen LogP contribution is 2.37. The number of carbonyl (C=O) groups excluding carboxylic acids is 1. The smallest absolute Gasteiger partial charge is 0.416 e. The molecule has 2 aromatic carbocycles. The minimum absolute atomic E-state index is 0.0561. The Kier molecular flexibility index (Phi) is 5.71. The van der Waals surface area contributed by atoms with Crippen LogP contribution in [0.2, 0.25) is 5.02 Å². The van der Waals surface area contributed by atoms with E-state index in [9.17, 15) is 18.0 Å². The molecule has 0 radical (unpaired) electrons. The minimum atomic E-state index is -4.73. The molecule has 0 aliphatic rings. The summed E-state index contributed by atoms with van der Waals surface area (Å²) in [5, 5.41) is 8.79. The van der Waals surface area contributed by atoms with Crippen LogP contribution in [-0.4, -0.2) is 10.5 Å². The molecule has 0 bridgehead atoms. The fourth-order valence-electron chi connectivity index (χ4n) is 2.75. The molecule has 1 aromatic heterocycles. The second kappa shape index (κ2) is 8.08. The molecule has 2 N–H and O–H groups in total. The number of nitriles is 1. The van der Waals surface area contributed by atoms with Gasteiger partial charge in [0.25, 0.3) is 5.91 Å². The lowest BCUT2D eigenvalue weighted by Crippen LogP contribution is -2.17. The van der Waals surface area contributed by atoms with Gasteiger partial charge in [0.05, 0.1) is 28.8 Å². The van der Waals surface area contributed by atoms with Gasteiger partial charge in [0, 0.05) is 11.8 Å². The molecule has 3 rings (SSSR count). The van der Waals surface area contributed by atoms with Crippen molar-refractivity contribution in [3.05, 3.63) is 81.9 Å². The van der Waals surface area contributed by atoms with Crippen molar-refractivity contribution in [1.29, 1.82) is 5.26 Å². The van der Waals surface area contributed by atoms with E-state index in [-0.39, 0.29) is 28.4 Å². The largest absolute Gasteiger partial charge is 0.453 e. The van der Waals surface area contributed by atoms with Gasteiger partial charge >= 0.3 is 6.18 Å². The summed E-state index contributed by atoms with van der Waals surface area (Å²) in [4.78, 5) is 11.4. The number of carbonyl (C=O) groups is 1. The standard InChI is InChI=1S/C20H12ClF4N3O2/c21-15-4-3-12(10-28-5-1-2-16(28)19(27)29)17(22)18(15)30-14-7-11(9-26)6-13(8-14)20(23,24)25/h1-8H,10H2,(H2,27,29). The Morgan fingerprint density at radius 2 is 1.97 bits per heavy atom. The summed E-state index contributed by atoms with van der Waals surface area (Å²) in [7, 11) is 0. The van der Waals surface area contributed by atoms with Crippen molar-refractivity contribution in [3.8, 4) is 17.6 Å². The second-order valence-corrected chi connectivity index (χ2v) is 6.60. The summed E-state index contributed by atoms with van der Waals surface area (Å²) < 4.78 is 60.9. The van der Waals surface area contributed by atoms with E-state index >= 15 is 4.39 Å². The number of aromatic nitrogens is 1. The van der Waals surface area contributed by atoms with Crippen molar-refractivity contribution in [2.45, 2.75) is 12.7 Å². The van der Waals surface area contributed by atoms with Crippen molar-refractivity contribution >= 4 is 17.5 Å². The number of hydrogen-bond donors (Lipinski definition) is 1. The number of benzene rings is 2. The number of halogens is 5. The lowest BCUT2D eigenvalue weighted by molar-refractivity contribution is -0.137. The van der Waals surface area contributed by atoms with Crippen LogP contribution in [0.4, 0.5) is 17.6 Å². The summed E-state index contributed by atoms with van der Waals surface area (Å²) in [6.07, 6.45) is -3.21. The molecule has 10 heteroatoms. The van der Waals surface area contributed by atoms with E-state index < -0.39 is 35.0 Å². The van der Waals surface area contributed by atoms with Crippen LogP contribution < -0.4 is 10.5 Å². The first-order valence-corrected chi connectivity index (χ1v) is 8.70. The van der Waals surface area contributed by atoms with E-state index in [1.165, 1.54) is 29.0 Å². The first-order valence-electron chi connectivity index (χ1n) is 8.32. The second-order valence-electron chi connectivity index (χ2n) is 6.19. The van der Waals surface area contributed by atoms with Crippen LogP contribution in [0.5, 0.6) is 11.5 Å². The highest BCUT2D eigenvalue weighted by molar-refractivity contribution is 6.32. The summed E-state index contributed by atoms with van der Waals surface area (Å²) in [5.74, 6) is -2.55. The van der Waals surface area contributed by atoms with Gasteiger partial charge in [0.15, 0.2) is 11.6 Å². The van der Waals surface area contributed by atoms with E-state index in [0.29, 0.717) is 12.1 Å². The molecule has 5 nitrogen and oxygen atoms in total. The van der Waals surface area contributed by atoms with Gasteiger partial charge in [-0.25, -0.2) is 4.39 Å². The Morgan fingerprint density at radius 1 is 1.23 bits per heavy atom. The summed E-state index contributed by atoms with van der Waals surface area (Å²) in [6.45, 7) is -0.101. The lowest BCUT2D eigenvalue weighted by atomic mass is 10.1. The van der Waals surface area contributed by atoms with Gasteiger partial charge in [-0.05, 0) is 36.4 Å². The van der Waals surface area contributed by atoms with Gasteiger partial charge in [0.1, 0.15) is 11.4 Å². The Hall–Kier alpha value is -3.51. The molecular formula is C20H12ClF4N3O2. The molecule has 0 aliphatic heterocycles. The zero-order valence-corrected chi connectivity index (χ0v) is 15.8. The number of nitrogens with zero attached hydrogens (tertiary/aromatic N) is 2. The fraction of sp³-hybridized carbons (Fsp3) is 0.100. The normalized spacial score (nSPS) is 11.2. The Morgan fingerprint density at radius 3 is 2.60 bits per heavy atom. The van der Waals surface area contributed by atoms with Crippen molar-refractivity contribution in [1.82, 2.24) is 4.57 Å². The molecule has 30 heavy (non-hydrogen) atoms. The number of amides is 1. The van der Waals surface area contributed by atoms with E-state index in [1.807, 2.05) is 0 Å². The predicted octanol–water partition coefficient (Wildman–Crippen LogP) is 5.11. The number of rotatable bonds is 5. The number of ether oxygens (including phenoxy) is 1. The number of nitrogens with two attached hydrogens (primary N) is 1. The molecular weight excluding hydrogens is 426 g/mol. The van der Waals surface area contributed by atoms with Gasteiger partial charge < -0.3 is 15.0 Å². The summed E-state index contributed by atoms with van der Waals surface area (Å²) in [6, 6.07) is 9.59. The maximum absolute atomic E-state index is 15.0. The molecule has 0 atom stereocenters. The van der Waals surface area contributed by atoms with Crippen molar-refractivity contribution in [2.75, 3.05) is 0 Å². The van der Waals surface area contributed by atoms with Gasteiger partial charge in [-0.15, -0.1) is 0 Å². The average Bonchev–Trinajstić information content (AvgIpc) is 3.15. The van der Waals surface area contributed by atoms with E-state index in [4.69, 9.17) is 27.3 Å². The quantitative estimate of drug-likeness (QED) is 0.563. The van der Waals surface area contributed by atoms with Crippen LogP contribution in [0.1, 0.15) is 27.2 Å². The zero-order valence-electron chi connectivity index (χ0n) is 15.0. The van der Waals surface area contributed by atoms with E-state index in [0.717, 1.165) is 6.07 Å². The van der Waals surface area contributed by atoms with Crippen LogP contribution in [0.25, 0.3) is 0 Å². The van der Waals surface area contributed by atoms with Gasteiger partial charge in [-0.3, -0.25) is 4.79 Å². The molecule has 154 valence electrons. The van der Waals surface area contributed by atoms with E-state index in [2.05, 4.69) is 0 Å². The lowest BCUT2D eigenvalue weighted by Gasteiger charge is -2.15. The van der Waals surface area contributed by atoms with Crippen LogP contribution in [0.3, 0.4) is 0 Å². The van der Waals surface area contributed by atoms with Crippen molar-refractivity contribution in [3.63, 3.8) is 0 Å². The predicted molar refractivity (Wildman–Crippen MR) is 99.7 cm³/mol. The molecule has 0 saturated carbocycles. The molecule has 3 aromatic rings. The molecule has 0 fully saturated rings.